The van der Waals surface area contributed by atoms with E-state index in [9.17, 15) is 9.59 Å². The maximum Gasteiger partial charge on any atom is 0.267 e. The first-order chi connectivity index (χ1) is 15.6. The number of ether oxygens (including phenoxy) is 2. The molecule has 0 N–H and O–H groups in total. The Morgan fingerprint density at radius 3 is 2.56 bits per heavy atom. The minimum Gasteiger partial charge on any atom is -0.486 e. The Morgan fingerprint density at radius 1 is 0.969 bits per heavy atom. The Morgan fingerprint density at radius 2 is 1.75 bits per heavy atom. The van der Waals surface area contributed by atoms with Crippen molar-refractivity contribution < 1.29 is 19.1 Å². The number of amides is 2. The summed E-state index contributed by atoms with van der Waals surface area (Å²) in [6.07, 6.45) is 1.47. The highest BCUT2D eigenvalue weighted by atomic mass is 16.6. The Balaban J connectivity index is 1.44. The van der Waals surface area contributed by atoms with E-state index in [-0.39, 0.29) is 5.56 Å². The Bertz CT molecular complexity index is 1410. The molecule has 8 heteroatoms. The third-order valence-corrected chi connectivity index (χ3v) is 5.75. The van der Waals surface area contributed by atoms with Gasteiger partial charge in [-0.2, -0.15) is 5.10 Å². The highest BCUT2D eigenvalue weighted by Crippen LogP contribution is 2.38. The zero-order chi connectivity index (χ0) is 21.8. The average Bonchev–Trinajstić information content (AvgIpc) is 3.27. The molecule has 0 spiro atoms. The van der Waals surface area contributed by atoms with E-state index < -0.39 is 11.8 Å². The lowest BCUT2D eigenvalue weighted by molar-refractivity contribution is 0.0926. The van der Waals surface area contributed by atoms with Crippen molar-refractivity contribution in [3.05, 3.63) is 77.1 Å². The minimum atomic E-state index is -0.411. The molecule has 0 bridgehead atoms. The van der Waals surface area contributed by atoms with Crippen LogP contribution in [-0.2, 0) is 6.54 Å². The number of benzene rings is 2. The van der Waals surface area contributed by atoms with Crippen molar-refractivity contribution in [2.45, 2.75) is 13.5 Å². The molecule has 0 saturated heterocycles. The molecule has 2 aliphatic rings. The molecule has 0 radical (unpaired) electrons. The Kier molecular flexibility index (Phi) is 4.01. The van der Waals surface area contributed by atoms with Gasteiger partial charge in [0.25, 0.3) is 11.8 Å². The van der Waals surface area contributed by atoms with E-state index in [4.69, 9.17) is 9.47 Å². The van der Waals surface area contributed by atoms with Crippen LogP contribution >= 0.6 is 0 Å². The number of nitrogens with zero attached hydrogens (tertiary/aromatic N) is 4. The number of anilines is 1. The summed E-state index contributed by atoms with van der Waals surface area (Å²) in [6.45, 7) is 3.24. The van der Waals surface area contributed by atoms with Crippen LogP contribution in [0.25, 0.3) is 11.0 Å². The lowest BCUT2D eigenvalue weighted by Gasteiger charge is -2.21. The average molecular weight is 426 g/mol. The van der Waals surface area contributed by atoms with Gasteiger partial charge in [0.1, 0.15) is 13.2 Å². The van der Waals surface area contributed by atoms with Crippen LogP contribution < -0.4 is 14.4 Å². The molecule has 0 saturated carbocycles. The molecular formula is C24H18N4O4. The molecule has 2 amide bonds. The molecule has 0 aliphatic carbocycles. The third kappa shape index (κ3) is 2.69. The fourth-order valence-corrected chi connectivity index (χ4v) is 4.30. The van der Waals surface area contributed by atoms with E-state index >= 15 is 0 Å². The molecule has 4 heterocycles. The monoisotopic (exact) mass is 426 g/mol. The first-order valence-corrected chi connectivity index (χ1v) is 10.3. The van der Waals surface area contributed by atoms with Crippen molar-refractivity contribution in [2.24, 2.45) is 0 Å². The van der Waals surface area contributed by atoms with Crippen molar-refractivity contribution in [1.29, 1.82) is 0 Å². The molecule has 2 aromatic carbocycles. The van der Waals surface area contributed by atoms with Crippen LogP contribution in [-0.4, -0.2) is 39.8 Å². The van der Waals surface area contributed by atoms with Crippen LogP contribution in [0, 0.1) is 6.92 Å². The van der Waals surface area contributed by atoms with E-state index in [1.807, 2.05) is 37.3 Å². The number of aryl methyl sites for hydroxylation is 1. The number of hydrogen-bond acceptors (Lipinski definition) is 6. The molecule has 158 valence electrons. The second-order valence-electron chi connectivity index (χ2n) is 7.75. The zero-order valence-electron chi connectivity index (χ0n) is 17.2. The van der Waals surface area contributed by atoms with E-state index in [0.29, 0.717) is 59.2 Å². The van der Waals surface area contributed by atoms with Crippen molar-refractivity contribution >= 4 is 28.5 Å². The fourth-order valence-electron chi connectivity index (χ4n) is 4.30. The summed E-state index contributed by atoms with van der Waals surface area (Å²) >= 11 is 0. The van der Waals surface area contributed by atoms with Crippen LogP contribution in [0.4, 0.5) is 5.69 Å². The van der Waals surface area contributed by atoms with Crippen LogP contribution in [0.15, 0.2) is 54.7 Å². The first kappa shape index (κ1) is 18.6. The van der Waals surface area contributed by atoms with E-state index in [1.54, 1.807) is 22.9 Å². The lowest BCUT2D eigenvalue weighted by atomic mass is 10.1. The summed E-state index contributed by atoms with van der Waals surface area (Å²) in [5.41, 5.74) is 3.36. The van der Waals surface area contributed by atoms with Crippen LogP contribution in [0.2, 0.25) is 0 Å². The molecule has 2 aromatic heterocycles. The van der Waals surface area contributed by atoms with Crippen LogP contribution in [0.5, 0.6) is 11.5 Å². The van der Waals surface area contributed by atoms with Crippen LogP contribution in [0.3, 0.4) is 0 Å². The van der Waals surface area contributed by atoms with Gasteiger partial charge in [0.05, 0.1) is 34.4 Å². The van der Waals surface area contributed by atoms with Gasteiger partial charge in [-0.25, -0.2) is 14.6 Å². The SMILES string of the molecule is Cc1nn(Cc2ccccc2)c2ncc3c(c12)C(=O)N(c1ccc2c(c1)OCCO2)C3=O. The second kappa shape index (κ2) is 6.91. The van der Waals surface area contributed by atoms with Gasteiger partial charge >= 0.3 is 0 Å². The Labute approximate surface area is 183 Å². The van der Waals surface area contributed by atoms with Gasteiger partial charge in [-0.1, -0.05) is 30.3 Å². The number of carbonyl (C=O) groups excluding carboxylic acids is 2. The second-order valence-corrected chi connectivity index (χ2v) is 7.75. The van der Waals surface area contributed by atoms with Gasteiger partial charge in [-0.3, -0.25) is 9.59 Å². The predicted molar refractivity (Wildman–Crippen MR) is 116 cm³/mol. The van der Waals surface area contributed by atoms with Crippen molar-refractivity contribution in [3.8, 4) is 11.5 Å². The van der Waals surface area contributed by atoms with Gasteiger partial charge in [0.2, 0.25) is 0 Å². The number of pyridine rings is 1. The molecule has 0 unspecified atom stereocenters. The molecule has 0 atom stereocenters. The largest absolute Gasteiger partial charge is 0.486 e. The quantitative estimate of drug-likeness (QED) is 0.467. The minimum absolute atomic E-state index is 0.278. The molecule has 6 rings (SSSR count). The number of aromatic nitrogens is 3. The van der Waals surface area contributed by atoms with Gasteiger partial charge in [-0.05, 0) is 24.6 Å². The third-order valence-electron chi connectivity index (χ3n) is 5.75. The molecule has 0 fully saturated rings. The van der Waals surface area contributed by atoms with Crippen molar-refractivity contribution in [1.82, 2.24) is 14.8 Å². The van der Waals surface area contributed by atoms with Crippen molar-refractivity contribution in [3.63, 3.8) is 0 Å². The lowest BCUT2D eigenvalue weighted by Crippen LogP contribution is -2.29. The molecule has 8 nitrogen and oxygen atoms in total. The highest BCUT2D eigenvalue weighted by Gasteiger charge is 2.40. The predicted octanol–water partition coefficient (Wildman–Crippen LogP) is 3.36. The maximum absolute atomic E-state index is 13.5. The summed E-state index contributed by atoms with van der Waals surface area (Å²) in [7, 11) is 0. The molecule has 2 aliphatic heterocycles. The summed E-state index contributed by atoms with van der Waals surface area (Å²) in [6, 6.07) is 15.0. The van der Waals surface area contributed by atoms with Gasteiger partial charge < -0.3 is 9.47 Å². The summed E-state index contributed by atoms with van der Waals surface area (Å²) in [5, 5.41) is 5.22. The standard InChI is InChI=1S/C24H18N4O4/c1-14-20-21-17(12-25-22(20)27(26-14)13-15-5-3-2-4-6-15)23(29)28(24(21)30)16-7-8-18-19(11-16)32-10-9-31-18/h2-8,11-12H,9-10,13H2,1H3. The smallest absolute Gasteiger partial charge is 0.267 e. The van der Waals surface area contributed by atoms with Gasteiger partial charge in [0, 0.05) is 12.3 Å². The zero-order valence-corrected chi connectivity index (χ0v) is 17.2. The maximum atomic E-state index is 13.5. The molecule has 4 aromatic rings. The number of rotatable bonds is 3. The van der Waals surface area contributed by atoms with Gasteiger partial charge in [0.15, 0.2) is 17.1 Å². The van der Waals surface area contributed by atoms with Crippen molar-refractivity contribution in [2.75, 3.05) is 18.1 Å². The number of fused-ring (bicyclic) bond motifs is 4. The topological polar surface area (TPSA) is 86.6 Å². The Hall–Kier alpha value is -4.20. The number of carbonyl (C=O) groups is 2. The normalized spacial score (nSPS) is 14.8. The summed E-state index contributed by atoms with van der Waals surface area (Å²) < 4.78 is 12.9. The van der Waals surface area contributed by atoms with E-state index in [1.165, 1.54) is 6.20 Å². The summed E-state index contributed by atoms with van der Waals surface area (Å²) in [4.78, 5) is 32.3. The molecular weight excluding hydrogens is 408 g/mol. The number of hydrogen-bond donors (Lipinski definition) is 0. The molecule has 32 heavy (non-hydrogen) atoms. The van der Waals surface area contributed by atoms with E-state index in [0.717, 1.165) is 10.5 Å². The first-order valence-electron chi connectivity index (χ1n) is 10.3. The van der Waals surface area contributed by atoms with E-state index in [2.05, 4.69) is 10.1 Å². The van der Waals surface area contributed by atoms with Gasteiger partial charge in [-0.15, -0.1) is 0 Å². The van der Waals surface area contributed by atoms with Crippen LogP contribution in [0.1, 0.15) is 32.0 Å². The number of imide groups is 1. The fraction of sp³-hybridized carbons (Fsp3) is 0.167. The highest BCUT2D eigenvalue weighted by molar-refractivity contribution is 6.37. The summed E-state index contributed by atoms with van der Waals surface area (Å²) in [5.74, 6) is 0.307.